The minimum Gasteiger partial charge on any atom is -0.449 e. The molecule has 0 saturated carbocycles. The lowest BCUT2D eigenvalue weighted by molar-refractivity contribution is 0.1000. The number of benzene rings is 2. The van der Waals surface area contributed by atoms with Crippen molar-refractivity contribution in [3.63, 3.8) is 0 Å². The van der Waals surface area contributed by atoms with Crippen molar-refractivity contribution in [3.05, 3.63) is 74.4 Å². The van der Waals surface area contributed by atoms with E-state index in [0.717, 1.165) is 0 Å². The molecule has 0 atom stereocenters. The number of aromatic nitrogens is 1. The Balaban J connectivity index is 0.000000197. The van der Waals surface area contributed by atoms with Gasteiger partial charge in [-0.3, -0.25) is 9.78 Å². The summed E-state index contributed by atoms with van der Waals surface area (Å²) in [7, 11) is 0. The largest absolute Gasteiger partial charge is 0.449 e. The summed E-state index contributed by atoms with van der Waals surface area (Å²) >= 11 is 23.7. The lowest BCUT2D eigenvalue weighted by Crippen LogP contribution is -2.10. The summed E-state index contributed by atoms with van der Waals surface area (Å²) in [5, 5.41) is 1.56. The van der Waals surface area contributed by atoms with Crippen molar-refractivity contribution in [3.8, 4) is 23.0 Å². The van der Waals surface area contributed by atoms with Gasteiger partial charge >= 0.3 is 0 Å². The highest BCUT2D eigenvalue weighted by Gasteiger charge is 2.22. The smallest absolute Gasteiger partial charge is 0.250 e. The molecule has 1 amide bonds. The molecule has 2 heterocycles. The Labute approximate surface area is 174 Å². The maximum Gasteiger partial charge on any atom is 0.250 e. The predicted molar refractivity (Wildman–Crippen MR) is 106 cm³/mol. The molecule has 5 nitrogen and oxygen atoms in total. The molecule has 0 saturated heterocycles. The average Bonchev–Trinajstić information content (AvgIpc) is 2.64. The number of carbonyl (C=O) groups excluding carboxylic acids is 1. The molecule has 0 spiro atoms. The Bertz CT molecular complexity index is 902. The zero-order chi connectivity index (χ0) is 19.6. The first kappa shape index (κ1) is 19.6. The molecule has 0 fully saturated rings. The summed E-state index contributed by atoms with van der Waals surface area (Å²) in [6.45, 7) is 0. The van der Waals surface area contributed by atoms with Gasteiger partial charge in [0, 0.05) is 36.7 Å². The zero-order valence-corrected chi connectivity index (χ0v) is 16.4. The summed E-state index contributed by atoms with van der Waals surface area (Å²) in [6, 6.07) is 9.64. The van der Waals surface area contributed by atoms with Crippen molar-refractivity contribution in [2.45, 2.75) is 0 Å². The van der Waals surface area contributed by atoms with Gasteiger partial charge in [0.05, 0.1) is 25.7 Å². The van der Waals surface area contributed by atoms with Crippen LogP contribution in [0.5, 0.6) is 23.0 Å². The van der Waals surface area contributed by atoms with Crippen LogP contribution < -0.4 is 15.2 Å². The molecule has 2 N–H and O–H groups in total. The minimum absolute atomic E-state index is 0.391. The number of fused-ring (bicyclic) bond motifs is 2. The third kappa shape index (κ3) is 4.57. The highest BCUT2D eigenvalue weighted by molar-refractivity contribution is 6.42. The fourth-order valence-electron chi connectivity index (χ4n) is 2.09. The second-order valence-electron chi connectivity index (χ2n) is 5.24. The van der Waals surface area contributed by atoms with E-state index in [4.69, 9.17) is 61.6 Å². The minimum atomic E-state index is -0.442. The van der Waals surface area contributed by atoms with Crippen molar-refractivity contribution < 1.29 is 14.3 Å². The fraction of sp³-hybridized carbons (Fsp3) is 0. The average molecular weight is 444 g/mol. The van der Waals surface area contributed by atoms with E-state index in [-0.39, 0.29) is 0 Å². The number of hydrogen-bond acceptors (Lipinski definition) is 4. The van der Waals surface area contributed by atoms with E-state index in [2.05, 4.69) is 4.98 Å². The highest BCUT2D eigenvalue weighted by atomic mass is 35.5. The van der Waals surface area contributed by atoms with Crippen LogP contribution in [0.3, 0.4) is 0 Å². The van der Waals surface area contributed by atoms with Crippen molar-refractivity contribution in [2.75, 3.05) is 0 Å². The van der Waals surface area contributed by atoms with Gasteiger partial charge in [-0.15, -0.1) is 0 Å². The van der Waals surface area contributed by atoms with Crippen LogP contribution in [0.2, 0.25) is 20.1 Å². The highest BCUT2D eigenvalue weighted by Crippen LogP contribution is 2.49. The van der Waals surface area contributed by atoms with E-state index in [1.54, 1.807) is 42.6 Å². The molecule has 2 aromatic carbocycles. The zero-order valence-electron chi connectivity index (χ0n) is 13.4. The van der Waals surface area contributed by atoms with Gasteiger partial charge in [-0.05, 0) is 12.1 Å². The van der Waals surface area contributed by atoms with Gasteiger partial charge in [0.25, 0.3) is 0 Å². The Morgan fingerprint density at radius 1 is 0.815 bits per heavy atom. The van der Waals surface area contributed by atoms with Crippen LogP contribution in [0.15, 0.2) is 48.8 Å². The molecule has 4 rings (SSSR count). The van der Waals surface area contributed by atoms with E-state index < -0.39 is 5.91 Å². The van der Waals surface area contributed by atoms with Crippen LogP contribution in [0.1, 0.15) is 10.4 Å². The van der Waals surface area contributed by atoms with Crippen molar-refractivity contribution in [1.29, 1.82) is 0 Å². The second-order valence-corrected chi connectivity index (χ2v) is 6.86. The summed E-state index contributed by atoms with van der Waals surface area (Å²) in [5.74, 6) is 1.49. The van der Waals surface area contributed by atoms with Crippen molar-refractivity contribution in [2.24, 2.45) is 5.73 Å². The first-order valence-electron chi connectivity index (χ1n) is 7.39. The number of primary amides is 1. The van der Waals surface area contributed by atoms with Crippen LogP contribution in [0.4, 0.5) is 0 Å². The van der Waals surface area contributed by atoms with Crippen LogP contribution in [-0.4, -0.2) is 10.9 Å². The third-order valence-corrected chi connectivity index (χ3v) is 4.80. The van der Waals surface area contributed by atoms with E-state index in [9.17, 15) is 4.79 Å². The van der Waals surface area contributed by atoms with Gasteiger partial charge in [-0.2, -0.15) is 0 Å². The number of pyridine rings is 1. The Hall–Kier alpha value is -2.18. The number of nitrogens with two attached hydrogens (primary N) is 1. The first-order valence-corrected chi connectivity index (χ1v) is 8.90. The molecule has 27 heavy (non-hydrogen) atoms. The number of hydrogen-bond donors (Lipinski definition) is 1. The lowest BCUT2D eigenvalue weighted by atomic mass is 10.2. The third-order valence-electron chi connectivity index (χ3n) is 3.36. The van der Waals surface area contributed by atoms with Gasteiger partial charge in [0.2, 0.25) is 5.91 Å². The molecule has 138 valence electrons. The van der Waals surface area contributed by atoms with E-state index in [1.165, 1.54) is 6.20 Å². The molecular formula is C18H10Cl4N2O3. The monoisotopic (exact) mass is 442 g/mol. The van der Waals surface area contributed by atoms with Crippen LogP contribution in [-0.2, 0) is 0 Å². The molecular weight excluding hydrogens is 434 g/mol. The fourth-order valence-corrected chi connectivity index (χ4v) is 2.70. The van der Waals surface area contributed by atoms with Gasteiger partial charge in [-0.1, -0.05) is 46.4 Å². The first-order chi connectivity index (χ1) is 12.8. The number of ether oxygens (including phenoxy) is 2. The normalized spacial score (nSPS) is 11.1. The van der Waals surface area contributed by atoms with Gasteiger partial charge in [0.1, 0.15) is 0 Å². The van der Waals surface area contributed by atoms with Crippen molar-refractivity contribution >= 4 is 52.3 Å². The molecule has 0 radical (unpaired) electrons. The van der Waals surface area contributed by atoms with Crippen LogP contribution >= 0.6 is 46.4 Å². The standard InChI is InChI=1S/C12H4Cl4O2.C6H6N2O/c13-5-1-9-10(2-6(5)14)18-12-4-8(16)7(15)3-11(12)17-9;7-6(9)5-2-1-3-8-4-5/h1-4H;1-4H,(H2,7,9). The predicted octanol–water partition coefficient (Wildman–Crippen LogP) is 6.38. The molecule has 0 aliphatic carbocycles. The molecule has 1 aliphatic heterocycles. The summed E-state index contributed by atoms with van der Waals surface area (Å²) < 4.78 is 11.3. The number of nitrogens with zero attached hydrogens (tertiary/aromatic N) is 1. The van der Waals surface area contributed by atoms with Crippen LogP contribution in [0.25, 0.3) is 0 Å². The summed E-state index contributed by atoms with van der Waals surface area (Å²) in [4.78, 5) is 14.1. The van der Waals surface area contributed by atoms with Gasteiger partial charge in [0.15, 0.2) is 23.0 Å². The van der Waals surface area contributed by atoms with E-state index >= 15 is 0 Å². The SMILES string of the molecule is Clc1cc2c(cc1Cl)Oc1cc(Cl)c(Cl)cc1O2.NC(=O)c1cccnc1. The quantitative estimate of drug-likeness (QED) is 0.370. The summed E-state index contributed by atoms with van der Waals surface area (Å²) in [5.41, 5.74) is 5.38. The maximum absolute atomic E-state index is 10.4. The molecule has 1 aliphatic rings. The second kappa shape index (κ2) is 8.23. The molecule has 0 bridgehead atoms. The van der Waals surface area contributed by atoms with Crippen LogP contribution in [0, 0.1) is 0 Å². The molecule has 3 aromatic rings. The van der Waals surface area contributed by atoms with E-state index in [0.29, 0.717) is 48.7 Å². The Kier molecular flexibility index (Phi) is 5.97. The van der Waals surface area contributed by atoms with E-state index in [1.807, 2.05) is 0 Å². The summed E-state index contributed by atoms with van der Waals surface area (Å²) in [6.07, 6.45) is 3.02. The topological polar surface area (TPSA) is 74.4 Å². The number of amides is 1. The molecule has 1 aromatic heterocycles. The number of halogens is 4. The van der Waals surface area contributed by atoms with Gasteiger partial charge in [-0.25, -0.2) is 0 Å². The lowest BCUT2D eigenvalue weighted by Gasteiger charge is -2.21. The molecule has 0 unspecified atom stereocenters. The Morgan fingerprint density at radius 2 is 1.22 bits per heavy atom. The molecule has 9 heteroatoms. The number of carbonyl (C=O) groups is 1. The maximum atomic E-state index is 10.4. The van der Waals surface area contributed by atoms with Crippen molar-refractivity contribution in [1.82, 2.24) is 4.98 Å². The number of rotatable bonds is 1. The Morgan fingerprint density at radius 3 is 1.48 bits per heavy atom. The van der Waals surface area contributed by atoms with Gasteiger partial charge < -0.3 is 15.2 Å².